The highest BCUT2D eigenvalue weighted by atomic mass is 35.5. The summed E-state index contributed by atoms with van der Waals surface area (Å²) in [4.78, 5) is 0. The van der Waals surface area contributed by atoms with Crippen molar-refractivity contribution in [2.75, 3.05) is 13.6 Å². The molecule has 1 fully saturated rings. The lowest BCUT2D eigenvalue weighted by molar-refractivity contribution is 0.286. The van der Waals surface area contributed by atoms with Crippen molar-refractivity contribution >= 4 is 11.6 Å². The minimum Gasteiger partial charge on any atom is -0.319 e. The molecule has 1 aromatic carbocycles. The Morgan fingerprint density at radius 2 is 2.00 bits per heavy atom. The average Bonchev–Trinajstić information content (AvgIpc) is 2.72. The maximum absolute atomic E-state index is 6.35. The SMILES string of the molecule is CNCC1(Cc2ccc(C)cc2Cl)CCCC1. The predicted octanol–water partition coefficient (Wildman–Crippen LogP) is 3.97. The van der Waals surface area contributed by atoms with Gasteiger partial charge in [0.25, 0.3) is 0 Å². The Kier molecular flexibility index (Phi) is 4.11. The third kappa shape index (κ3) is 3.02. The Hall–Kier alpha value is -0.530. The molecule has 1 aliphatic rings. The van der Waals surface area contributed by atoms with Crippen LogP contribution in [0.1, 0.15) is 36.8 Å². The number of hydrogen-bond acceptors (Lipinski definition) is 1. The molecular formula is C15H22ClN. The first kappa shape index (κ1) is 12.9. The van der Waals surface area contributed by atoms with Crippen LogP contribution in [0.15, 0.2) is 18.2 Å². The van der Waals surface area contributed by atoms with Crippen LogP contribution in [0.5, 0.6) is 0 Å². The number of aryl methyl sites for hydroxylation is 1. The van der Waals surface area contributed by atoms with Gasteiger partial charge in [-0.2, -0.15) is 0 Å². The molecule has 1 nitrogen and oxygen atoms in total. The summed E-state index contributed by atoms with van der Waals surface area (Å²) in [7, 11) is 2.05. The monoisotopic (exact) mass is 251 g/mol. The van der Waals surface area contributed by atoms with Crippen molar-refractivity contribution in [1.29, 1.82) is 0 Å². The molecule has 0 unspecified atom stereocenters. The smallest absolute Gasteiger partial charge is 0.0440 e. The summed E-state index contributed by atoms with van der Waals surface area (Å²) in [6.45, 7) is 3.20. The Balaban J connectivity index is 2.17. The first-order valence-corrected chi connectivity index (χ1v) is 6.93. The number of nitrogens with one attached hydrogen (secondary N) is 1. The van der Waals surface area contributed by atoms with E-state index in [0.717, 1.165) is 18.0 Å². The van der Waals surface area contributed by atoms with E-state index in [-0.39, 0.29) is 0 Å². The van der Waals surface area contributed by atoms with Crippen molar-refractivity contribution in [3.63, 3.8) is 0 Å². The van der Waals surface area contributed by atoms with Crippen LogP contribution in [-0.2, 0) is 6.42 Å². The van der Waals surface area contributed by atoms with E-state index in [9.17, 15) is 0 Å². The zero-order chi connectivity index (χ0) is 12.3. The van der Waals surface area contributed by atoms with Crippen LogP contribution in [0.2, 0.25) is 5.02 Å². The third-order valence-electron chi connectivity index (χ3n) is 3.99. The maximum Gasteiger partial charge on any atom is 0.0440 e. The first-order chi connectivity index (χ1) is 8.15. The first-order valence-electron chi connectivity index (χ1n) is 6.55. The minimum atomic E-state index is 0.438. The van der Waals surface area contributed by atoms with Gasteiger partial charge in [-0.3, -0.25) is 0 Å². The van der Waals surface area contributed by atoms with E-state index in [1.54, 1.807) is 0 Å². The molecule has 1 aromatic rings. The molecule has 0 spiro atoms. The number of benzene rings is 1. The molecule has 17 heavy (non-hydrogen) atoms. The zero-order valence-electron chi connectivity index (χ0n) is 10.9. The van der Waals surface area contributed by atoms with Gasteiger partial charge >= 0.3 is 0 Å². The molecule has 2 rings (SSSR count). The van der Waals surface area contributed by atoms with Crippen LogP contribution in [0, 0.1) is 12.3 Å². The molecule has 0 aromatic heterocycles. The van der Waals surface area contributed by atoms with E-state index in [2.05, 4.69) is 37.5 Å². The van der Waals surface area contributed by atoms with Crippen LogP contribution in [0.3, 0.4) is 0 Å². The van der Waals surface area contributed by atoms with E-state index >= 15 is 0 Å². The van der Waals surface area contributed by atoms with Crippen LogP contribution < -0.4 is 5.32 Å². The highest BCUT2D eigenvalue weighted by Crippen LogP contribution is 2.41. The van der Waals surface area contributed by atoms with Crippen molar-refractivity contribution < 1.29 is 0 Å². The van der Waals surface area contributed by atoms with E-state index in [0.29, 0.717) is 5.41 Å². The summed E-state index contributed by atoms with van der Waals surface area (Å²) in [6, 6.07) is 6.45. The van der Waals surface area contributed by atoms with Crippen LogP contribution >= 0.6 is 11.6 Å². The highest BCUT2D eigenvalue weighted by Gasteiger charge is 2.33. The lowest BCUT2D eigenvalue weighted by atomic mass is 9.80. The van der Waals surface area contributed by atoms with Gasteiger partial charge < -0.3 is 5.32 Å². The Morgan fingerprint density at radius 1 is 1.29 bits per heavy atom. The van der Waals surface area contributed by atoms with Crippen LogP contribution in [-0.4, -0.2) is 13.6 Å². The zero-order valence-corrected chi connectivity index (χ0v) is 11.6. The third-order valence-corrected chi connectivity index (χ3v) is 4.34. The van der Waals surface area contributed by atoms with Crippen molar-refractivity contribution in [1.82, 2.24) is 5.32 Å². The molecule has 0 saturated heterocycles. The Morgan fingerprint density at radius 3 is 2.59 bits per heavy atom. The highest BCUT2D eigenvalue weighted by molar-refractivity contribution is 6.31. The molecule has 94 valence electrons. The van der Waals surface area contributed by atoms with Crippen LogP contribution in [0.4, 0.5) is 0 Å². The van der Waals surface area contributed by atoms with Gasteiger partial charge in [-0.15, -0.1) is 0 Å². The van der Waals surface area contributed by atoms with Gasteiger partial charge in [0.1, 0.15) is 0 Å². The lowest BCUT2D eigenvalue weighted by Crippen LogP contribution is -2.32. The van der Waals surface area contributed by atoms with Gasteiger partial charge in [0.2, 0.25) is 0 Å². The van der Waals surface area contributed by atoms with E-state index in [4.69, 9.17) is 11.6 Å². The van der Waals surface area contributed by atoms with Crippen LogP contribution in [0.25, 0.3) is 0 Å². The Labute approximate surface area is 110 Å². The lowest BCUT2D eigenvalue weighted by Gasteiger charge is -2.29. The molecule has 1 aliphatic carbocycles. The van der Waals surface area contributed by atoms with Gasteiger partial charge in [0, 0.05) is 11.6 Å². The number of rotatable bonds is 4. The Bertz CT molecular complexity index is 381. The summed E-state index contributed by atoms with van der Waals surface area (Å²) in [6.07, 6.45) is 6.51. The van der Waals surface area contributed by atoms with E-state index < -0.39 is 0 Å². The standard InChI is InChI=1S/C15H22ClN/c1-12-5-6-13(14(16)9-12)10-15(11-17-2)7-3-4-8-15/h5-6,9,17H,3-4,7-8,10-11H2,1-2H3. The fourth-order valence-corrected chi connectivity index (χ4v) is 3.42. The predicted molar refractivity (Wildman–Crippen MR) is 74.7 cm³/mol. The second-order valence-corrected chi connectivity index (χ2v) is 5.92. The average molecular weight is 252 g/mol. The molecule has 0 amide bonds. The van der Waals surface area contributed by atoms with Crippen molar-refractivity contribution in [2.45, 2.75) is 39.0 Å². The molecule has 2 heteroatoms. The molecule has 0 heterocycles. The molecule has 0 aliphatic heterocycles. The largest absolute Gasteiger partial charge is 0.319 e. The maximum atomic E-state index is 6.35. The topological polar surface area (TPSA) is 12.0 Å². The summed E-state index contributed by atoms with van der Waals surface area (Å²) < 4.78 is 0. The van der Waals surface area contributed by atoms with Crippen molar-refractivity contribution in [3.8, 4) is 0 Å². The van der Waals surface area contributed by atoms with Crippen molar-refractivity contribution in [3.05, 3.63) is 34.3 Å². The summed E-state index contributed by atoms with van der Waals surface area (Å²) in [5, 5.41) is 4.30. The van der Waals surface area contributed by atoms with Gasteiger partial charge in [-0.25, -0.2) is 0 Å². The molecular weight excluding hydrogens is 230 g/mol. The number of hydrogen-bond donors (Lipinski definition) is 1. The molecule has 1 N–H and O–H groups in total. The molecule has 0 atom stereocenters. The van der Waals surface area contributed by atoms with Crippen molar-refractivity contribution in [2.24, 2.45) is 5.41 Å². The molecule has 0 bridgehead atoms. The quantitative estimate of drug-likeness (QED) is 0.854. The van der Waals surface area contributed by atoms with E-state index in [1.807, 2.05) is 0 Å². The summed E-state index contributed by atoms with van der Waals surface area (Å²) >= 11 is 6.35. The van der Waals surface area contributed by atoms with Gasteiger partial charge in [0.15, 0.2) is 0 Å². The molecule has 1 saturated carbocycles. The summed E-state index contributed by atoms with van der Waals surface area (Å²) in [5.41, 5.74) is 3.00. The minimum absolute atomic E-state index is 0.438. The molecule has 0 radical (unpaired) electrons. The van der Waals surface area contributed by atoms with E-state index in [1.165, 1.54) is 36.8 Å². The van der Waals surface area contributed by atoms with Gasteiger partial charge in [-0.1, -0.05) is 36.6 Å². The van der Waals surface area contributed by atoms with Gasteiger partial charge in [-0.05, 0) is 55.8 Å². The second kappa shape index (κ2) is 5.41. The summed E-state index contributed by atoms with van der Waals surface area (Å²) in [5.74, 6) is 0. The fraction of sp³-hybridized carbons (Fsp3) is 0.600. The number of halogens is 1. The normalized spacial score (nSPS) is 18.5. The second-order valence-electron chi connectivity index (χ2n) is 5.51. The fourth-order valence-electron chi connectivity index (χ4n) is 3.12. The van der Waals surface area contributed by atoms with Gasteiger partial charge in [0.05, 0.1) is 0 Å².